The molecule has 0 bridgehead atoms. The van der Waals surface area contributed by atoms with E-state index in [1.165, 1.54) is 7.11 Å². The Kier molecular flexibility index (Phi) is 6.61. The third-order valence-electron chi connectivity index (χ3n) is 3.45. The van der Waals surface area contributed by atoms with E-state index < -0.39 is 6.04 Å². The van der Waals surface area contributed by atoms with Crippen LogP contribution in [0.2, 0.25) is 0 Å². The zero-order valence-corrected chi connectivity index (χ0v) is 14.1. The molecule has 6 nitrogen and oxygen atoms in total. The molecule has 2 atom stereocenters. The largest absolute Gasteiger partial charge is 0.466 e. The van der Waals surface area contributed by atoms with Crippen molar-refractivity contribution in [3.05, 3.63) is 23.2 Å². The number of carbonyl (C=O) groups is 2. The quantitative estimate of drug-likeness (QED) is 0.805. The summed E-state index contributed by atoms with van der Waals surface area (Å²) in [4.78, 5) is 24.1. The Hall–Kier alpha value is -1.82. The van der Waals surface area contributed by atoms with Gasteiger partial charge in [-0.2, -0.15) is 0 Å². The maximum Gasteiger partial charge on any atom is 0.246 e. The van der Waals surface area contributed by atoms with Gasteiger partial charge in [-0.05, 0) is 32.8 Å². The van der Waals surface area contributed by atoms with Crippen molar-refractivity contribution in [3.63, 3.8) is 0 Å². The van der Waals surface area contributed by atoms with E-state index in [-0.39, 0.29) is 30.4 Å². The van der Waals surface area contributed by atoms with E-state index in [4.69, 9.17) is 9.15 Å². The first kappa shape index (κ1) is 18.2. The second-order valence-electron chi connectivity index (χ2n) is 5.82. The van der Waals surface area contributed by atoms with Crippen LogP contribution in [0.3, 0.4) is 0 Å². The number of aryl methyl sites for hydroxylation is 2. The SMILES string of the molecule is COCC(=O)N[C@H](C(=O)N[C@@H](C)c1cc(C)oc1C)C(C)C. The Morgan fingerprint density at radius 3 is 2.32 bits per heavy atom. The fraction of sp³-hybridized carbons (Fsp3) is 0.625. The summed E-state index contributed by atoms with van der Waals surface area (Å²) in [6.45, 7) is 9.33. The van der Waals surface area contributed by atoms with Crippen molar-refractivity contribution in [1.29, 1.82) is 0 Å². The van der Waals surface area contributed by atoms with E-state index in [9.17, 15) is 9.59 Å². The summed E-state index contributed by atoms with van der Waals surface area (Å²) < 4.78 is 10.3. The Morgan fingerprint density at radius 2 is 1.86 bits per heavy atom. The molecule has 2 amide bonds. The fourth-order valence-corrected chi connectivity index (χ4v) is 2.34. The Labute approximate surface area is 131 Å². The second-order valence-corrected chi connectivity index (χ2v) is 5.82. The zero-order chi connectivity index (χ0) is 16.9. The highest BCUT2D eigenvalue weighted by molar-refractivity contribution is 5.88. The minimum atomic E-state index is -0.599. The topological polar surface area (TPSA) is 80.6 Å². The summed E-state index contributed by atoms with van der Waals surface area (Å²) >= 11 is 0. The predicted octanol–water partition coefficient (Wildman–Crippen LogP) is 1.86. The average molecular weight is 310 g/mol. The van der Waals surface area contributed by atoms with E-state index >= 15 is 0 Å². The van der Waals surface area contributed by atoms with E-state index in [2.05, 4.69) is 10.6 Å². The van der Waals surface area contributed by atoms with Gasteiger partial charge in [-0.1, -0.05) is 13.8 Å². The summed E-state index contributed by atoms with van der Waals surface area (Å²) in [6.07, 6.45) is 0. The third-order valence-corrected chi connectivity index (χ3v) is 3.45. The maximum absolute atomic E-state index is 12.4. The van der Waals surface area contributed by atoms with Crippen LogP contribution in [-0.2, 0) is 14.3 Å². The van der Waals surface area contributed by atoms with Gasteiger partial charge < -0.3 is 19.8 Å². The van der Waals surface area contributed by atoms with Crippen LogP contribution in [0, 0.1) is 19.8 Å². The van der Waals surface area contributed by atoms with Gasteiger partial charge in [0.2, 0.25) is 11.8 Å². The molecule has 0 saturated heterocycles. The van der Waals surface area contributed by atoms with Gasteiger partial charge in [0.05, 0.1) is 6.04 Å². The van der Waals surface area contributed by atoms with Gasteiger partial charge in [-0.15, -0.1) is 0 Å². The van der Waals surface area contributed by atoms with Crippen LogP contribution < -0.4 is 10.6 Å². The lowest BCUT2D eigenvalue weighted by molar-refractivity contribution is -0.132. The van der Waals surface area contributed by atoms with Crippen molar-refractivity contribution in [2.75, 3.05) is 13.7 Å². The van der Waals surface area contributed by atoms with Gasteiger partial charge in [0, 0.05) is 12.7 Å². The second kappa shape index (κ2) is 7.98. The van der Waals surface area contributed by atoms with Gasteiger partial charge in [0.25, 0.3) is 0 Å². The number of nitrogens with one attached hydrogen (secondary N) is 2. The zero-order valence-electron chi connectivity index (χ0n) is 14.1. The van der Waals surface area contributed by atoms with Crippen molar-refractivity contribution in [1.82, 2.24) is 10.6 Å². The molecule has 0 spiro atoms. The van der Waals surface area contributed by atoms with E-state index in [1.807, 2.05) is 40.7 Å². The number of hydrogen-bond acceptors (Lipinski definition) is 4. The number of rotatable bonds is 7. The molecule has 2 N–H and O–H groups in total. The van der Waals surface area contributed by atoms with Crippen LogP contribution in [0.1, 0.15) is 43.9 Å². The minimum Gasteiger partial charge on any atom is -0.466 e. The third kappa shape index (κ3) is 4.87. The van der Waals surface area contributed by atoms with Crippen molar-refractivity contribution in [2.24, 2.45) is 5.92 Å². The lowest BCUT2D eigenvalue weighted by Crippen LogP contribution is -2.51. The molecule has 0 aliphatic heterocycles. The predicted molar refractivity (Wildman–Crippen MR) is 83.4 cm³/mol. The molecule has 1 heterocycles. The van der Waals surface area contributed by atoms with Gasteiger partial charge in [0.1, 0.15) is 24.2 Å². The molecule has 0 aliphatic carbocycles. The molecule has 1 aromatic heterocycles. The first-order chi connectivity index (χ1) is 10.3. The molecule has 0 saturated carbocycles. The van der Waals surface area contributed by atoms with Gasteiger partial charge in [-0.25, -0.2) is 0 Å². The monoisotopic (exact) mass is 310 g/mol. The number of hydrogen-bond donors (Lipinski definition) is 2. The summed E-state index contributed by atoms with van der Waals surface area (Å²) in [5.41, 5.74) is 0.941. The summed E-state index contributed by atoms with van der Waals surface area (Å²) in [6, 6.07) is 1.12. The number of carbonyl (C=O) groups excluding carboxylic acids is 2. The number of methoxy groups -OCH3 is 1. The first-order valence-electron chi connectivity index (χ1n) is 7.41. The van der Waals surface area contributed by atoms with Crippen LogP contribution in [0.4, 0.5) is 0 Å². The highest BCUT2D eigenvalue weighted by atomic mass is 16.5. The molecule has 124 valence electrons. The van der Waals surface area contributed by atoms with Crippen LogP contribution in [0.5, 0.6) is 0 Å². The summed E-state index contributed by atoms with van der Waals surface area (Å²) in [7, 11) is 1.44. The highest BCUT2D eigenvalue weighted by Gasteiger charge is 2.26. The molecule has 0 aromatic carbocycles. The molecular formula is C16H26N2O4. The van der Waals surface area contributed by atoms with Gasteiger partial charge in [0.15, 0.2) is 0 Å². The Morgan fingerprint density at radius 1 is 1.23 bits per heavy atom. The molecule has 1 aromatic rings. The summed E-state index contributed by atoms with van der Waals surface area (Å²) in [5.74, 6) is 1.04. The molecule has 0 radical (unpaired) electrons. The van der Waals surface area contributed by atoms with E-state index in [1.54, 1.807) is 0 Å². The van der Waals surface area contributed by atoms with Crippen molar-refractivity contribution in [2.45, 2.75) is 46.7 Å². The Balaban J connectivity index is 2.74. The van der Waals surface area contributed by atoms with Crippen LogP contribution in [0.15, 0.2) is 10.5 Å². The number of furan rings is 1. The fourth-order valence-electron chi connectivity index (χ4n) is 2.34. The van der Waals surface area contributed by atoms with Crippen molar-refractivity contribution >= 4 is 11.8 Å². The van der Waals surface area contributed by atoms with Crippen LogP contribution in [0.25, 0.3) is 0 Å². The molecule has 1 rings (SSSR count). The van der Waals surface area contributed by atoms with Crippen LogP contribution >= 0.6 is 0 Å². The first-order valence-corrected chi connectivity index (χ1v) is 7.41. The van der Waals surface area contributed by atoms with Crippen LogP contribution in [-0.4, -0.2) is 31.6 Å². The molecule has 0 unspecified atom stereocenters. The number of amides is 2. The molecule has 6 heteroatoms. The minimum absolute atomic E-state index is 0.0276. The molecular weight excluding hydrogens is 284 g/mol. The van der Waals surface area contributed by atoms with E-state index in [0.717, 1.165) is 17.1 Å². The number of ether oxygens (including phenoxy) is 1. The summed E-state index contributed by atoms with van der Waals surface area (Å²) in [5, 5.41) is 5.62. The highest BCUT2D eigenvalue weighted by Crippen LogP contribution is 2.21. The van der Waals surface area contributed by atoms with Gasteiger partial charge in [-0.3, -0.25) is 9.59 Å². The standard InChI is InChI=1S/C16H26N2O4/c1-9(2)15(18-14(19)8-21-6)16(20)17-11(4)13-7-10(3)22-12(13)5/h7,9,11,15H,8H2,1-6H3,(H,17,20)(H,18,19)/t11-,15-/m0/s1. The van der Waals surface area contributed by atoms with E-state index in [0.29, 0.717) is 0 Å². The average Bonchev–Trinajstić information content (AvgIpc) is 2.74. The lowest BCUT2D eigenvalue weighted by atomic mass is 10.0. The molecule has 0 aliphatic rings. The normalized spacial score (nSPS) is 13.8. The smallest absolute Gasteiger partial charge is 0.246 e. The maximum atomic E-state index is 12.4. The Bertz CT molecular complexity index is 522. The van der Waals surface area contributed by atoms with Crippen molar-refractivity contribution < 1.29 is 18.7 Å². The van der Waals surface area contributed by atoms with Crippen molar-refractivity contribution in [3.8, 4) is 0 Å². The molecule has 0 fully saturated rings. The lowest BCUT2D eigenvalue weighted by Gasteiger charge is -2.24. The van der Waals surface area contributed by atoms with Gasteiger partial charge >= 0.3 is 0 Å². The molecule has 22 heavy (non-hydrogen) atoms.